The van der Waals surface area contributed by atoms with Gasteiger partial charge in [-0.2, -0.15) is 4.57 Å². The fraction of sp³-hybridized carbons (Fsp3) is 0. The third-order valence-corrected chi connectivity index (χ3v) is 3.40. The summed E-state index contributed by atoms with van der Waals surface area (Å²) in [7, 11) is 0. The van der Waals surface area contributed by atoms with Crippen molar-refractivity contribution >= 4 is 11.4 Å². The first-order valence-electron chi connectivity index (χ1n) is 7.60. The molecule has 0 saturated carbocycles. The van der Waals surface area contributed by atoms with Crippen molar-refractivity contribution in [3.05, 3.63) is 89.4 Å². The Labute approximate surface area is 152 Å². The van der Waals surface area contributed by atoms with Gasteiger partial charge in [0.05, 0.1) is 17.2 Å². The Morgan fingerprint density at radius 2 is 1.74 bits per heavy atom. The average molecular weight is 366 g/mol. The van der Waals surface area contributed by atoms with Crippen molar-refractivity contribution in [2.75, 3.05) is 5.73 Å². The zero-order valence-electron chi connectivity index (χ0n) is 13.9. The first kappa shape index (κ1) is 17.5. The molecular weight excluding hydrogens is 352 g/mol. The lowest BCUT2D eigenvalue weighted by Crippen LogP contribution is -2.31. The summed E-state index contributed by atoms with van der Waals surface area (Å²) < 4.78 is 3.74. The van der Waals surface area contributed by atoms with Crippen molar-refractivity contribution in [1.29, 1.82) is 0 Å². The van der Waals surface area contributed by atoms with E-state index in [-0.39, 0.29) is 11.5 Å². The number of nitrogens with zero attached hydrogens (tertiary/aromatic N) is 7. The van der Waals surface area contributed by atoms with Gasteiger partial charge in [-0.15, -0.1) is 0 Å². The van der Waals surface area contributed by atoms with Crippen molar-refractivity contribution in [3.63, 3.8) is 0 Å². The molecule has 0 spiro atoms. The molecule has 4 aromatic heterocycles. The van der Waals surface area contributed by atoms with E-state index < -0.39 is 4.92 Å². The van der Waals surface area contributed by atoms with E-state index in [0.717, 1.165) is 18.1 Å². The molecule has 0 aliphatic rings. The SMILES string of the molecule is Nc1ccnc(-n2ccnc2)c1.O=[N+]([O-])c1cc[n+]([O-])c(-n2ccnc2)c1. The number of nitrogens with two attached hydrogens (primary N) is 1. The van der Waals surface area contributed by atoms with Gasteiger partial charge in [-0.1, -0.05) is 0 Å². The van der Waals surface area contributed by atoms with Crippen molar-refractivity contribution in [2.45, 2.75) is 0 Å². The maximum Gasteiger partial charge on any atom is 0.297 e. The molecule has 4 rings (SSSR count). The first-order valence-corrected chi connectivity index (χ1v) is 7.60. The van der Waals surface area contributed by atoms with Gasteiger partial charge >= 0.3 is 0 Å². The Bertz CT molecular complexity index is 1030. The molecular formula is C16H14N8O3. The molecule has 0 amide bonds. The van der Waals surface area contributed by atoms with E-state index in [4.69, 9.17) is 5.73 Å². The number of hydrogen-bond acceptors (Lipinski definition) is 7. The Morgan fingerprint density at radius 3 is 2.33 bits per heavy atom. The van der Waals surface area contributed by atoms with E-state index in [0.29, 0.717) is 10.4 Å². The van der Waals surface area contributed by atoms with Gasteiger partial charge < -0.3 is 10.9 Å². The number of hydrogen-bond donors (Lipinski definition) is 1. The minimum absolute atomic E-state index is 0.134. The maximum atomic E-state index is 11.3. The second-order valence-electron chi connectivity index (χ2n) is 5.21. The number of nitrogen functional groups attached to an aromatic ring is 1. The highest BCUT2D eigenvalue weighted by molar-refractivity contribution is 5.42. The van der Waals surface area contributed by atoms with Crippen LogP contribution in [0.25, 0.3) is 11.6 Å². The summed E-state index contributed by atoms with van der Waals surface area (Å²) in [6.45, 7) is 0. The highest BCUT2D eigenvalue weighted by atomic mass is 16.6. The Morgan fingerprint density at radius 1 is 1.04 bits per heavy atom. The quantitative estimate of drug-likeness (QED) is 0.249. The lowest BCUT2D eigenvalue weighted by Gasteiger charge is -2.05. The summed E-state index contributed by atoms with van der Waals surface area (Å²) in [6, 6.07) is 5.88. The van der Waals surface area contributed by atoms with Crippen LogP contribution in [0.2, 0.25) is 0 Å². The van der Waals surface area contributed by atoms with Gasteiger partial charge in [0.25, 0.3) is 11.5 Å². The molecule has 0 aliphatic heterocycles. The van der Waals surface area contributed by atoms with Gasteiger partial charge in [0.15, 0.2) is 6.33 Å². The van der Waals surface area contributed by atoms with Crippen molar-refractivity contribution < 1.29 is 9.65 Å². The van der Waals surface area contributed by atoms with Crippen LogP contribution in [-0.2, 0) is 0 Å². The number of rotatable bonds is 3. The maximum absolute atomic E-state index is 11.3. The van der Waals surface area contributed by atoms with Crippen molar-refractivity contribution in [1.82, 2.24) is 24.1 Å². The monoisotopic (exact) mass is 366 g/mol. The van der Waals surface area contributed by atoms with Crippen LogP contribution in [0.4, 0.5) is 11.4 Å². The summed E-state index contributed by atoms with van der Waals surface area (Å²) in [5.74, 6) is 0.925. The van der Waals surface area contributed by atoms with Crippen LogP contribution < -0.4 is 10.5 Å². The van der Waals surface area contributed by atoms with E-state index >= 15 is 0 Å². The van der Waals surface area contributed by atoms with E-state index in [9.17, 15) is 15.3 Å². The van der Waals surface area contributed by atoms with E-state index in [1.54, 1.807) is 35.4 Å². The van der Waals surface area contributed by atoms with Gasteiger partial charge in [0, 0.05) is 30.3 Å². The highest BCUT2D eigenvalue weighted by Gasteiger charge is 2.14. The molecule has 0 unspecified atom stereocenters. The minimum atomic E-state index is -0.555. The van der Waals surface area contributed by atoms with Crippen LogP contribution in [-0.4, -0.2) is 29.0 Å². The molecule has 0 aliphatic carbocycles. The van der Waals surface area contributed by atoms with E-state index in [2.05, 4.69) is 15.0 Å². The lowest BCUT2D eigenvalue weighted by molar-refractivity contribution is -0.600. The Balaban J connectivity index is 0.000000159. The molecule has 11 nitrogen and oxygen atoms in total. The first-order chi connectivity index (χ1) is 13.0. The van der Waals surface area contributed by atoms with Gasteiger partial charge in [-0.3, -0.25) is 14.7 Å². The number of imidazole rings is 2. The summed E-state index contributed by atoms with van der Waals surface area (Å²) in [5, 5.41) is 21.8. The van der Waals surface area contributed by atoms with Crippen LogP contribution in [0, 0.1) is 15.3 Å². The molecule has 0 atom stereocenters. The van der Waals surface area contributed by atoms with Crippen LogP contribution in [0.3, 0.4) is 0 Å². The third-order valence-electron chi connectivity index (χ3n) is 3.40. The second-order valence-corrected chi connectivity index (χ2v) is 5.21. The number of pyridine rings is 2. The topological polar surface area (TPSA) is 145 Å². The highest BCUT2D eigenvalue weighted by Crippen LogP contribution is 2.12. The molecule has 4 heterocycles. The molecule has 0 fully saturated rings. The normalized spacial score (nSPS) is 10.1. The fourth-order valence-corrected chi connectivity index (χ4v) is 2.13. The summed E-state index contributed by atoms with van der Waals surface area (Å²) >= 11 is 0. The standard InChI is InChI=1S/C8H6N4O3.C8H8N4/c13-11-3-1-7(12(14)15)5-8(11)10-4-2-9-6-10;9-7-1-2-11-8(5-7)12-4-3-10-6-12/h1-6H;1-6H,(H2,9,11). The fourth-order valence-electron chi connectivity index (χ4n) is 2.13. The van der Waals surface area contributed by atoms with Crippen LogP contribution >= 0.6 is 0 Å². The number of aromatic nitrogens is 6. The zero-order chi connectivity index (χ0) is 19.2. The summed E-state index contributed by atoms with van der Waals surface area (Å²) in [4.78, 5) is 21.7. The molecule has 0 bridgehead atoms. The number of nitro groups is 1. The molecule has 136 valence electrons. The predicted molar refractivity (Wildman–Crippen MR) is 94.9 cm³/mol. The molecule has 27 heavy (non-hydrogen) atoms. The van der Waals surface area contributed by atoms with Crippen molar-refractivity contribution in [3.8, 4) is 11.6 Å². The van der Waals surface area contributed by atoms with Gasteiger partial charge in [-0.25, -0.2) is 19.7 Å². The van der Waals surface area contributed by atoms with Crippen LogP contribution in [0.5, 0.6) is 0 Å². The van der Waals surface area contributed by atoms with Crippen LogP contribution in [0.1, 0.15) is 0 Å². The predicted octanol–water partition coefficient (Wildman–Crippen LogP) is 1.26. The number of anilines is 1. The Hall–Kier alpha value is -4.28. The van der Waals surface area contributed by atoms with Crippen molar-refractivity contribution in [2.24, 2.45) is 0 Å². The second kappa shape index (κ2) is 7.74. The van der Waals surface area contributed by atoms with Gasteiger partial charge in [-0.05, 0) is 6.07 Å². The molecule has 11 heteroatoms. The third kappa shape index (κ3) is 4.22. The molecule has 0 radical (unpaired) electrons. The van der Waals surface area contributed by atoms with Crippen LogP contribution in [0.15, 0.2) is 74.1 Å². The summed E-state index contributed by atoms with van der Waals surface area (Å²) in [6.07, 6.45) is 12.4. The lowest BCUT2D eigenvalue weighted by atomic mass is 10.4. The minimum Gasteiger partial charge on any atom is -0.711 e. The molecule has 0 aromatic carbocycles. The van der Waals surface area contributed by atoms with Gasteiger partial charge in [0.1, 0.15) is 30.6 Å². The molecule has 2 N–H and O–H groups in total. The Kier molecular flexibility index (Phi) is 5.03. The van der Waals surface area contributed by atoms with E-state index in [1.165, 1.54) is 29.4 Å². The zero-order valence-corrected chi connectivity index (χ0v) is 13.9. The molecule has 4 aromatic rings. The van der Waals surface area contributed by atoms with Gasteiger partial charge in [0.2, 0.25) is 0 Å². The van der Waals surface area contributed by atoms with E-state index in [1.807, 2.05) is 6.20 Å². The smallest absolute Gasteiger partial charge is 0.297 e. The summed E-state index contributed by atoms with van der Waals surface area (Å²) in [5.41, 5.74) is 6.16. The average Bonchev–Trinajstić information content (AvgIpc) is 3.37. The largest absolute Gasteiger partial charge is 0.711 e. The molecule has 0 saturated heterocycles.